The molecule has 0 unspecified atom stereocenters. The highest BCUT2D eigenvalue weighted by molar-refractivity contribution is 5.88. The maximum atomic E-state index is 11.1. The molecule has 0 fully saturated rings. The minimum Gasteiger partial charge on any atom is -0.478 e. The Morgan fingerprint density at radius 1 is 1.35 bits per heavy atom. The lowest BCUT2D eigenvalue weighted by Crippen LogP contribution is -2.29. The first-order chi connectivity index (χ1) is 8.27. The Morgan fingerprint density at radius 2 is 2.24 bits per heavy atom. The van der Waals surface area contributed by atoms with Crippen LogP contribution in [0.15, 0.2) is 47.1 Å². The van der Waals surface area contributed by atoms with Crippen LogP contribution in [0.2, 0.25) is 0 Å². The van der Waals surface area contributed by atoms with Gasteiger partial charge < -0.3 is 5.11 Å². The Morgan fingerprint density at radius 3 is 3.06 bits per heavy atom. The third kappa shape index (κ3) is 1.51. The molecule has 0 spiro atoms. The van der Waals surface area contributed by atoms with Crippen molar-refractivity contribution in [2.24, 2.45) is 4.99 Å². The van der Waals surface area contributed by atoms with Crippen LogP contribution in [0.4, 0.5) is 0 Å². The maximum absolute atomic E-state index is 11.1. The van der Waals surface area contributed by atoms with Crippen molar-refractivity contribution in [2.45, 2.75) is 12.8 Å². The molecule has 1 aliphatic heterocycles. The lowest BCUT2D eigenvalue weighted by molar-refractivity contribution is 0.0695. The summed E-state index contributed by atoms with van der Waals surface area (Å²) < 4.78 is 0. The maximum Gasteiger partial charge on any atom is 0.337 e. The van der Waals surface area contributed by atoms with E-state index in [2.05, 4.69) is 11.1 Å². The first-order valence-electron chi connectivity index (χ1n) is 5.59. The van der Waals surface area contributed by atoms with Gasteiger partial charge in [0.05, 0.1) is 16.6 Å². The fraction of sp³-hybridized carbons (Fsp3) is 0.143. The van der Waals surface area contributed by atoms with Crippen molar-refractivity contribution in [3.8, 4) is 0 Å². The summed E-state index contributed by atoms with van der Waals surface area (Å²) in [5.74, 6) is -0.918. The largest absolute Gasteiger partial charge is 0.478 e. The number of aromatic carboxylic acids is 1. The molecule has 0 saturated carbocycles. The molecule has 0 bridgehead atoms. The fourth-order valence-electron chi connectivity index (χ4n) is 2.29. The van der Waals surface area contributed by atoms with Crippen LogP contribution in [-0.2, 0) is 0 Å². The summed E-state index contributed by atoms with van der Waals surface area (Å²) in [5, 5.41) is 10.7. The van der Waals surface area contributed by atoms with E-state index in [1.807, 2.05) is 18.2 Å². The van der Waals surface area contributed by atoms with Crippen molar-refractivity contribution in [2.75, 3.05) is 0 Å². The summed E-state index contributed by atoms with van der Waals surface area (Å²) in [7, 11) is 0. The van der Waals surface area contributed by atoms with Crippen molar-refractivity contribution >= 4 is 11.5 Å². The van der Waals surface area contributed by atoms with Gasteiger partial charge in [-0.05, 0) is 30.6 Å². The van der Waals surface area contributed by atoms with Crippen LogP contribution in [-0.4, -0.2) is 11.1 Å². The lowest BCUT2D eigenvalue weighted by Gasteiger charge is -1.98. The number of nitrogens with zero attached hydrogens (tertiary/aromatic N) is 1. The Balaban J connectivity index is 2.38. The molecule has 2 aliphatic rings. The van der Waals surface area contributed by atoms with Gasteiger partial charge in [-0.2, -0.15) is 0 Å². The van der Waals surface area contributed by atoms with E-state index >= 15 is 0 Å². The first-order valence-corrected chi connectivity index (χ1v) is 5.59. The van der Waals surface area contributed by atoms with E-state index in [0.717, 1.165) is 29.3 Å². The molecule has 3 heteroatoms. The number of para-hydroxylation sites is 1. The zero-order valence-corrected chi connectivity index (χ0v) is 9.18. The van der Waals surface area contributed by atoms with E-state index in [1.54, 1.807) is 12.1 Å². The number of carboxylic acid groups (broad SMARTS) is 1. The molecule has 0 amide bonds. The Kier molecular flexibility index (Phi) is 2.18. The van der Waals surface area contributed by atoms with Gasteiger partial charge in [0.15, 0.2) is 0 Å². The summed E-state index contributed by atoms with van der Waals surface area (Å²) in [6.07, 6.45) is 7.93. The van der Waals surface area contributed by atoms with Crippen molar-refractivity contribution < 1.29 is 9.90 Å². The van der Waals surface area contributed by atoms with Gasteiger partial charge in [-0.3, -0.25) is 0 Å². The fourth-order valence-corrected chi connectivity index (χ4v) is 2.29. The van der Waals surface area contributed by atoms with Gasteiger partial charge in [-0.25, -0.2) is 9.79 Å². The van der Waals surface area contributed by atoms with Crippen LogP contribution in [0, 0.1) is 0 Å². The van der Waals surface area contributed by atoms with Crippen molar-refractivity contribution in [3.05, 3.63) is 58.3 Å². The number of benzene rings is 1. The van der Waals surface area contributed by atoms with E-state index < -0.39 is 5.97 Å². The average molecular weight is 225 g/mol. The van der Waals surface area contributed by atoms with Crippen molar-refractivity contribution in [3.63, 3.8) is 0 Å². The molecule has 0 radical (unpaired) electrons. The third-order valence-corrected chi connectivity index (χ3v) is 3.08. The van der Waals surface area contributed by atoms with Crippen LogP contribution < -0.4 is 10.6 Å². The van der Waals surface area contributed by atoms with Gasteiger partial charge in [0.25, 0.3) is 0 Å². The molecule has 84 valence electrons. The molecule has 3 rings (SSSR count). The minimum atomic E-state index is -0.918. The number of hydrogen-bond donors (Lipinski definition) is 1. The number of carbonyl (C=O) groups is 1. The van der Waals surface area contributed by atoms with Gasteiger partial charge in [-0.1, -0.05) is 24.3 Å². The topological polar surface area (TPSA) is 49.7 Å². The van der Waals surface area contributed by atoms with Gasteiger partial charge in [0.1, 0.15) is 0 Å². The van der Waals surface area contributed by atoms with Gasteiger partial charge in [0.2, 0.25) is 0 Å². The smallest absolute Gasteiger partial charge is 0.337 e. The Labute approximate surface area is 98.1 Å². The first kappa shape index (κ1) is 10.0. The number of allylic oxidation sites excluding steroid dienone is 4. The van der Waals surface area contributed by atoms with Crippen LogP contribution >= 0.6 is 0 Å². The highest BCUT2D eigenvalue weighted by Crippen LogP contribution is 2.22. The summed E-state index contributed by atoms with van der Waals surface area (Å²) >= 11 is 0. The van der Waals surface area contributed by atoms with Crippen LogP contribution in [0.5, 0.6) is 0 Å². The molecule has 1 N–H and O–H groups in total. The predicted octanol–water partition coefficient (Wildman–Crippen LogP) is 1.40. The highest BCUT2D eigenvalue weighted by Gasteiger charge is 2.17. The molecule has 0 atom stereocenters. The Hall–Kier alpha value is -2.16. The molecule has 1 aromatic carbocycles. The number of carboxylic acids is 1. The van der Waals surface area contributed by atoms with E-state index in [-0.39, 0.29) is 5.56 Å². The summed E-state index contributed by atoms with van der Waals surface area (Å²) in [6, 6.07) is 5.34. The van der Waals surface area contributed by atoms with E-state index in [9.17, 15) is 4.79 Å². The summed E-state index contributed by atoms with van der Waals surface area (Å²) in [4.78, 5) is 15.6. The van der Waals surface area contributed by atoms with Crippen LogP contribution in [0.25, 0.3) is 5.57 Å². The van der Waals surface area contributed by atoms with Crippen molar-refractivity contribution in [1.29, 1.82) is 0 Å². The zero-order valence-electron chi connectivity index (χ0n) is 9.18. The molecule has 0 saturated heterocycles. The van der Waals surface area contributed by atoms with E-state index in [1.165, 1.54) is 0 Å². The number of fused-ring (bicyclic) bond motifs is 2. The standard InChI is InChI=1S/C14H11NO2/c16-14(17)11-7-4-6-10-9-5-2-1-3-8-12(9)15-13(10)11/h1,3-4,6-8H,2,5H2,(H,16,17). The van der Waals surface area contributed by atoms with E-state index in [4.69, 9.17) is 5.11 Å². The molecule has 3 nitrogen and oxygen atoms in total. The average Bonchev–Trinajstić information content (AvgIpc) is 2.52. The molecular formula is C14H11NO2. The Bertz CT molecular complexity index is 681. The molecule has 1 heterocycles. The minimum absolute atomic E-state index is 0.285. The SMILES string of the molecule is O=C(O)c1cccc2c1=NC1=CC=CCCC=21. The van der Waals surface area contributed by atoms with Crippen LogP contribution in [0.1, 0.15) is 23.2 Å². The van der Waals surface area contributed by atoms with Gasteiger partial charge >= 0.3 is 5.97 Å². The van der Waals surface area contributed by atoms with Gasteiger partial charge in [-0.15, -0.1) is 0 Å². The normalized spacial score (nSPS) is 16.7. The molecule has 0 aromatic heterocycles. The predicted molar refractivity (Wildman–Crippen MR) is 64.0 cm³/mol. The van der Waals surface area contributed by atoms with Gasteiger partial charge in [0, 0.05) is 5.22 Å². The van der Waals surface area contributed by atoms with Crippen molar-refractivity contribution in [1.82, 2.24) is 0 Å². The lowest BCUT2D eigenvalue weighted by atomic mass is 10.1. The number of hydrogen-bond acceptors (Lipinski definition) is 2. The highest BCUT2D eigenvalue weighted by atomic mass is 16.4. The zero-order chi connectivity index (χ0) is 11.8. The second-order valence-electron chi connectivity index (χ2n) is 4.12. The van der Waals surface area contributed by atoms with E-state index in [0.29, 0.717) is 5.36 Å². The third-order valence-electron chi connectivity index (χ3n) is 3.08. The molecular weight excluding hydrogens is 214 g/mol. The second kappa shape index (κ2) is 3.70. The quantitative estimate of drug-likeness (QED) is 0.785. The molecule has 1 aliphatic carbocycles. The summed E-state index contributed by atoms with van der Waals surface area (Å²) in [6.45, 7) is 0. The number of rotatable bonds is 1. The molecule has 1 aromatic rings. The second-order valence-corrected chi connectivity index (χ2v) is 4.12. The monoisotopic (exact) mass is 225 g/mol. The van der Waals surface area contributed by atoms with Crippen LogP contribution in [0.3, 0.4) is 0 Å². The summed E-state index contributed by atoms with van der Waals surface area (Å²) in [5.41, 5.74) is 2.35. The molecule has 17 heavy (non-hydrogen) atoms.